The summed E-state index contributed by atoms with van der Waals surface area (Å²) in [7, 11) is -0.847. The van der Waals surface area contributed by atoms with E-state index in [1.54, 1.807) is 43.5 Å². The smallest absolute Gasteiger partial charge is 0.243 e. The number of nitrogens with one attached hydrogen (secondary N) is 2. The van der Waals surface area contributed by atoms with Gasteiger partial charge in [-0.15, -0.1) is 0 Å². The molecule has 2 amide bonds. The van der Waals surface area contributed by atoms with Crippen molar-refractivity contribution in [3.05, 3.63) is 53.6 Å². The summed E-state index contributed by atoms with van der Waals surface area (Å²) in [6.07, 6.45) is 0. The molecule has 0 bridgehead atoms. The van der Waals surface area contributed by atoms with Crippen LogP contribution in [0.4, 0.5) is 5.69 Å². The lowest BCUT2D eigenvalue weighted by molar-refractivity contribution is -0.132. The summed E-state index contributed by atoms with van der Waals surface area (Å²) in [5, 5.41) is 2.66. The Morgan fingerprint density at radius 3 is 2.28 bits per heavy atom. The number of sulfonamides is 1. The Hall–Kier alpha value is -2.91. The molecule has 0 spiro atoms. The third-order valence-electron chi connectivity index (χ3n) is 4.38. The zero-order valence-electron chi connectivity index (χ0n) is 16.9. The number of amides is 2. The van der Waals surface area contributed by atoms with Crippen molar-refractivity contribution in [2.75, 3.05) is 32.6 Å². The molecule has 0 saturated heterocycles. The van der Waals surface area contributed by atoms with E-state index in [-0.39, 0.29) is 11.4 Å². The first kappa shape index (κ1) is 22.4. The molecule has 0 aliphatic heterocycles. The number of methoxy groups -OCH3 is 1. The molecule has 0 radical (unpaired) electrons. The molecule has 0 atom stereocenters. The largest absolute Gasteiger partial charge is 0.497 e. The van der Waals surface area contributed by atoms with E-state index in [2.05, 4.69) is 10.0 Å². The van der Waals surface area contributed by atoms with Gasteiger partial charge in [0.25, 0.3) is 0 Å². The Morgan fingerprint density at radius 1 is 1.03 bits per heavy atom. The molecule has 2 N–H and O–H groups in total. The zero-order valence-corrected chi connectivity index (χ0v) is 17.7. The van der Waals surface area contributed by atoms with Crippen molar-refractivity contribution in [1.82, 2.24) is 9.62 Å². The number of aryl methyl sites for hydroxylation is 2. The maximum absolute atomic E-state index is 12.4. The number of hydrogen-bond donors (Lipinski definition) is 2. The summed E-state index contributed by atoms with van der Waals surface area (Å²) in [5.74, 6) is -0.267. The Balaban J connectivity index is 1.88. The van der Waals surface area contributed by atoms with Gasteiger partial charge in [-0.3, -0.25) is 9.59 Å². The maximum Gasteiger partial charge on any atom is 0.243 e. The van der Waals surface area contributed by atoms with Crippen LogP contribution in [-0.4, -0.2) is 52.4 Å². The highest BCUT2D eigenvalue weighted by atomic mass is 32.2. The minimum Gasteiger partial charge on any atom is -0.497 e. The van der Waals surface area contributed by atoms with E-state index in [0.29, 0.717) is 11.4 Å². The van der Waals surface area contributed by atoms with Crippen molar-refractivity contribution in [2.24, 2.45) is 0 Å². The van der Waals surface area contributed by atoms with E-state index in [4.69, 9.17) is 4.74 Å². The minimum atomic E-state index is -3.82. The number of carbonyl (C=O) groups is 2. The number of hydrogen-bond acceptors (Lipinski definition) is 5. The van der Waals surface area contributed by atoms with Gasteiger partial charge in [0.05, 0.1) is 25.1 Å². The molecule has 2 aromatic carbocycles. The van der Waals surface area contributed by atoms with Gasteiger partial charge in [-0.1, -0.05) is 6.07 Å². The number of ether oxygens (including phenoxy) is 1. The van der Waals surface area contributed by atoms with Gasteiger partial charge in [0.2, 0.25) is 21.8 Å². The van der Waals surface area contributed by atoms with Gasteiger partial charge in [0.1, 0.15) is 5.75 Å². The molecule has 0 aliphatic carbocycles. The fraction of sp³-hybridized carbons (Fsp3) is 0.300. The first-order valence-corrected chi connectivity index (χ1v) is 10.4. The van der Waals surface area contributed by atoms with E-state index in [9.17, 15) is 18.0 Å². The maximum atomic E-state index is 12.4. The molecule has 29 heavy (non-hydrogen) atoms. The lowest BCUT2D eigenvalue weighted by atomic mass is 10.1. The van der Waals surface area contributed by atoms with E-state index >= 15 is 0 Å². The van der Waals surface area contributed by atoms with Crippen LogP contribution in [0.1, 0.15) is 11.1 Å². The Labute approximate surface area is 170 Å². The van der Waals surface area contributed by atoms with Crippen LogP contribution in [0.15, 0.2) is 47.4 Å². The SMILES string of the molecule is COc1ccc(NC(=O)CN(C)C(=O)CNS(=O)(=O)c2ccc(C)c(C)c2)cc1. The van der Waals surface area contributed by atoms with Crippen molar-refractivity contribution < 1.29 is 22.7 Å². The van der Waals surface area contributed by atoms with Gasteiger partial charge in [0.15, 0.2) is 0 Å². The van der Waals surface area contributed by atoms with Crippen LogP contribution < -0.4 is 14.8 Å². The normalized spacial score (nSPS) is 11.0. The quantitative estimate of drug-likeness (QED) is 0.678. The number of rotatable bonds is 8. The predicted octanol–water partition coefficient (Wildman–Crippen LogP) is 1.69. The van der Waals surface area contributed by atoms with Gasteiger partial charge in [-0.2, -0.15) is 0 Å². The number of likely N-dealkylation sites (N-methyl/N-ethyl adjacent to an activating group) is 1. The molecular weight excluding hydrogens is 394 g/mol. The average Bonchev–Trinajstić information content (AvgIpc) is 2.68. The van der Waals surface area contributed by atoms with Crippen LogP contribution in [0, 0.1) is 13.8 Å². The molecule has 0 heterocycles. The van der Waals surface area contributed by atoms with E-state index in [1.807, 2.05) is 13.8 Å². The highest BCUT2D eigenvalue weighted by Crippen LogP contribution is 2.15. The second kappa shape index (κ2) is 9.53. The molecule has 0 saturated carbocycles. The zero-order chi connectivity index (χ0) is 21.6. The highest BCUT2D eigenvalue weighted by molar-refractivity contribution is 7.89. The highest BCUT2D eigenvalue weighted by Gasteiger charge is 2.19. The van der Waals surface area contributed by atoms with Crippen LogP contribution in [0.2, 0.25) is 0 Å². The van der Waals surface area contributed by atoms with Crippen molar-refractivity contribution in [3.63, 3.8) is 0 Å². The molecule has 0 aliphatic rings. The summed E-state index contributed by atoms with van der Waals surface area (Å²) in [5.41, 5.74) is 2.38. The van der Waals surface area contributed by atoms with Crippen LogP contribution in [-0.2, 0) is 19.6 Å². The molecule has 2 aromatic rings. The second-order valence-electron chi connectivity index (χ2n) is 6.60. The van der Waals surface area contributed by atoms with E-state index < -0.39 is 28.4 Å². The topological polar surface area (TPSA) is 105 Å². The van der Waals surface area contributed by atoms with Gasteiger partial charge in [-0.05, 0) is 61.4 Å². The summed E-state index contributed by atoms with van der Waals surface area (Å²) in [4.78, 5) is 25.6. The summed E-state index contributed by atoms with van der Waals surface area (Å²) >= 11 is 0. The lowest BCUT2D eigenvalue weighted by Crippen LogP contribution is -2.41. The minimum absolute atomic E-state index is 0.0910. The van der Waals surface area contributed by atoms with E-state index in [1.165, 1.54) is 13.1 Å². The monoisotopic (exact) mass is 419 g/mol. The summed E-state index contributed by atoms with van der Waals surface area (Å²) in [6.45, 7) is 3.04. The van der Waals surface area contributed by atoms with Crippen LogP contribution in [0.3, 0.4) is 0 Å². The van der Waals surface area contributed by atoms with Crippen LogP contribution in [0.25, 0.3) is 0 Å². The van der Waals surface area contributed by atoms with Crippen molar-refractivity contribution in [2.45, 2.75) is 18.7 Å². The first-order valence-electron chi connectivity index (χ1n) is 8.87. The number of benzene rings is 2. The standard InChI is InChI=1S/C20H25N3O5S/c1-14-5-10-18(11-15(14)2)29(26,27)21-12-20(25)23(3)13-19(24)22-16-6-8-17(28-4)9-7-16/h5-11,21H,12-13H2,1-4H3,(H,22,24). The molecule has 156 valence electrons. The fourth-order valence-corrected chi connectivity index (χ4v) is 3.49. The van der Waals surface area contributed by atoms with Crippen molar-refractivity contribution in [3.8, 4) is 5.75 Å². The Morgan fingerprint density at radius 2 is 1.69 bits per heavy atom. The van der Waals surface area contributed by atoms with Gasteiger partial charge < -0.3 is 15.0 Å². The average molecular weight is 420 g/mol. The fourth-order valence-electron chi connectivity index (χ4n) is 2.43. The number of anilines is 1. The third kappa shape index (κ3) is 6.30. The van der Waals surface area contributed by atoms with Gasteiger partial charge >= 0.3 is 0 Å². The lowest BCUT2D eigenvalue weighted by Gasteiger charge is -2.17. The first-order chi connectivity index (χ1) is 13.6. The number of carbonyl (C=O) groups excluding carboxylic acids is 2. The molecule has 0 unspecified atom stereocenters. The molecule has 9 heteroatoms. The summed E-state index contributed by atoms with van der Waals surface area (Å²) < 4.78 is 32.1. The predicted molar refractivity (Wildman–Crippen MR) is 110 cm³/mol. The Bertz CT molecular complexity index is 988. The van der Waals surface area contributed by atoms with Crippen LogP contribution in [0.5, 0.6) is 5.75 Å². The Kier molecular flexibility index (Phi) is 7.35. The number of nitrogens with zero attached hydrogens (tertiary/aromatic N) is 1. The molecular formula is C20H25N3O5S. The molecule has 8 nitrogen and oxygen atoms in total. The second-order valence-corrected chi connectivity index (χ2v) is 8.36. The molecule has 2 rings (SSSR count). The van der Waals surface area contributed by atoms with Gasteiger partial charge in [0, 0.05) is 12.7 Å². The van der Waals surface area contributed by atoms with E-state index in [0.717, 1.165) is 16.0 Å². The van der Waals surface area contributed by atoms with Crippen molar-refractivity contribution >= 4 is 27.5 Å². The van der Waals surface area contributed by atoms with Gasteiger partial charge in [-0.25, -0.2) is 13.1 Å². The molecule has 0 fully saturated rings. The van der Waals surface area contributed by atoms with Crippen molar-refractivity contribution in [1.29, 1.82) is 0 Å². The summed E-state index contributed by atoms with van der Waals surface area (Å²) in [6, 6.07) is 11.5. The van der Waals surface area contributed by atoms with Crippen LogP contribution >= 0.6 is 0 Å². The molecule has 0 aromatic heterocycles. The third-order valence-corrected chi connectivity index (χ3v) is 5.78.